The van der Waals surface area contributed by atoms with Crippen LogP contribution in [0.2, 0.25) is 0 Å². The largest absolute Gasteiger partial charge is 0.354 e. The van der Waals surface area contributed by atoms with Gasteiger partial charge in [-0.05, 0) is 37.6 Å². The monoisotopic (exact) mass is 224 g/mol. The fourth-order valence-corrected chi connectivity index (χ4v) is 2.64. The summed E-state index contributed by atoms with van der Waals surface area (Å²) >= 11 is 0. The molecule has 0 aromatic carbocycles. The minimum atomic E-state index is 0.273. The molecule has 0 aromatic rings. The molecule has 1 saturated carbocycles. The molecule has 92 valence electrons. The minimum absolute atomic E-state index is 0.273. The Hall–Kier alpha value is -0.570. The van der Waals surface area contributed by atoms with Gasteiger partial charge in [0, 0.05) is 18.5 Å². The second-order valence-corrected chi connectivity index (χ2v) is 5.97. The first-order chi connectivity index (χ1) is 7.59. The predicted octanol–water partition coefficient (Wildman–Crippen LogP) is 1.68. The van der Waals surface area contributed by atoms with E-state index in [-0.39, 0.29) is 5.91 Å². The van der Waals surface area contributed by atoms with Gasteiger partial charge in [-0.1, -0.05) is 20.3 Å². The third-order valence-corrected chi connectivity index (χ3v) is 4.29. The average molecular weight is 224 g/mol. The van der Waals surface area contributed by atoms with Crippen molar-refractivity contribution in [2.45, 2.75) is 52.0 Å². The lowest BCUT2D eigenvalue weighted by atomic mass is 9.77. The van der Waals surface area contributed by atoms with Crippen molar-refractivity contribution in [2.24, 2.45) is 11.3 Å². The van der Waals surface area contributed by atoms with Crippen LogP contribution in [0.3, 0.4) is 0 Å². The summed E-state index contributed by atoms with van der Waals surface area (Å²) in [5.41, 5.74) is 0.311. The van der Waals surface area contributed by atoms with Crippen molar-refractivity contribution < 1.29 is 4.79 Å². The Balaban J connectivity index is 1.77. The highest BCUT2D eigenvalue weighted by molar-refractivity contribution is 5.79. The standard InChI is InChI=1S/C13H24N2O/c1-13(2)7-4-8-14-11(13)9-15-12(16)10-5-3-6-10/h10-11,14H,3-9H2,1-2H3,(H,15,16). The predicted molar refractivity (Wildman–Crippen MR) is 65.2 cm³/mol. The van der Waals surface area contributed by atoms with Crippen molar-refractivity contribution in [3.05, 3.63) is 0 Å². The molecule has 16 heavy (non-hydrogen) atoms. The molecule has 2 N–H and O–H groups in total. The lowest BCUT2D eigenvalue weighted by molar-refractivity contribution is -0.127. The van der Waals surface area contributed by atoms with Crippen LogP contribution in [0.15, 0.2) is 0 Å². The van der Waals surface area contributed by atoms with Crippen LogP contribution >= 0.6 is 0 Å². The van der Waals surface area contributed by atoms with Crippen molar-refractivity contribution in [3.8, 4) is 0 Å². The molecule has 2 aliphatic rings. The van der Waals surface area contributed by atoms with E-state index in [1.54, 1.807) is 0 Å². The molecule has 3 heteroatoms. The van der Waals surface area contributed by atoms with Crippen LogP contribution in [0, 0.1) is 11.3 Å². The number of hydrogen-bond acceptors (Lipinski definition) is 2. The summed E-state index contributed by atoms with van der Waals surface area (Å²) in [6, 6.07) is 0.435. The lowest BCUT2D eigenvalue weighted by Gasteiger charge is -2.40. The molecule has 0 bridgehead atoms. The summed E-state index contributed by atoms with van der Waals surface area (Å²) in [5, 5.41) is 6.63. The molecule has 1 saturated heterocycles. The third kappa shape index (κ3) is 2.57. The van der Waals surface area contributed by atoms with Gasteiger partial charge in [0.2, 0.25) is 5.91 Å². The van der Waals surface area contributed by atoms with Gasteiger partial charge < -0.3 is 10.6 Å². The van der Waals surface area contributed by atoms with E-state index in [9.17, 15) is 4.79 Å². The minimum Gasteiger partial charge on any atom is -0.354 e. The highest BCUT2D eigenvalue weighted by atomic mass is 16.1. The Morgan fingerprint density at radius 3 is 2.69 bits per heavy atom. The van der Waals surface area contributed by atoms with Crippen molar-refractivity contribution >= 4 is 5.91 Å². The topological polar surface area (TPSA) is 41.1 Å². The molecule has 1 atom stereocenters. The fourth-order valence-electron chi connectivity index (χ4n) is 2.64. The number of carbonyl (C=O) groups is 1. The molecule has 1 heterocycles. The van der Waals surface area contributed by atoms with Crippen LogP contribution in [0.5, 0.6) is 0 Å². The molecule has 3 nitrogen and oxygen atoms in total. The van der Waals surface area contributed by atoms with Crippen molar-refractivity contribution in [2.75, 3.05) is 13.1 Å². The van der Waals surface area contributed by atoms with Crippen molar-refractivity contribution in [3.63, 3.8) is 0 Å². The quantitative estimate of drug-likeness (QED) is 0.766. The third-order valence-electron chi connectivity index (χ3n) is 4.29. The summed E-state index contributed by atoms with van der Waals surface area (Å²) in [6.07, 6.45) is 5.91. The number of nitrogens with one attached hydrogen (secondary N) is 2. The Bertz CT molecular complexity index is 259. The molecule has 1 aliphatic carbocycles. The van der Waals surface area contributed by atoms with Gasteiger partial charge in [-0.25, -0.2) is 0 Å². The number of piperidine rings is 1. The SMILES string of the molecule is CC1(C)CCCNC1CNC(=O)C1CCC1. The molecule has 1 amide bonds. The normalized spacial score (nSPS) is 29.5. The summed E-state index contributed by atoms with van der Waals surface area (Å²) in [6.45, 7) is 6.47. The highest BCUT2D eigenvalue weighted by Crippen LogP contribution is 2.30. The Morgan fingerprint density at radius 1 is 1.38 bits per heavy atom. The number of hydrogen-bond donors (Lipinski definition) is 2. The van der Waals surface area contributed by atoms with Crippen LogP contribution in [0.4, 0.5) is 0 Å². The smallest absolute Gasteiger partial charge is 0.223 e. The fraction of sp³-hybridized carbons (Fsp3) is 0.923. The molecular formula is C13H24N2O. The van der Waals surface area contributed by atoms with Gasteiger partial charge in [0.15, 0.2) is 0 Å². The van der Waals surface area contributed by atoms with E-state index in [2.05, 4.69) is 24.5 Å². The second kappa shape index (κ2) is 4.74. The van der Waals surface area contributed by atoms with Crippen LogP contribution in [-0.2, 0) is 4.79 Å². The molecule has 2 rings (SSSR count). The number of amides is 1. The Kier molecular flexibility index (Phi) is 3.53. The summed E-state index contributed by atoms with van der Waals surface area (Å²) in [4.78, 5) is 11.7. The first-order valence-electron chi connectivity index (χ1n) is 6.61. The maximum atomic E-state index is 11.7. The maximum absolute atomic E-state index is 11.7. The van der Waals surface area contributed by atoms with Crippen LogP contribution in [0.1, 0.15) is 46.0 Å². The van der Waals surface area contributed by atoms with E-state index < -0.39 is 0 Å². The van der Waals surface area contributed by atoms with Gasteiger partial charge in [0.05, 0.1) is 0 Å². The Labute approximate surface area is 98.4 Å². The van der Waals surface area contributed by atoms with E-state index >= 15 is 0 Å². The van der Waals surface area contributed by atoms with Crippen LogP contribution in [-0.4, -0.2) is 25.0 Å². The zero-order chi connectivity index (χ0) is 11.6. The van der Waals surface area contributed by atoms with Gasteiger partial charge >= 0.3 is 0 Å². The first kappa shape index (κ1) is 11.9. The molecule has 2 fully saturated rings. The van der Waals surface area contributed by atoms with E-state index in [1.165, 1.54) is 19.3 Å². The summed E-state index contributed by atoms with van der Waals surface area (Å²) in [5.74, 6) is 0.584. The van der Waals surface area contributed by atoms with E-state index in [0.717, 1.165) is 25.9 Å². The lowest BCUT2D eigenvalue weighted by Crippen LogP contribution is -2.53. The second-order valence-electron chi connectivity index (χ2n) is 5.97. The Morgan fingerprint density at radius 2 is 2.12 bits per heavy atom. The summed E-state index contributed by atoms with van der Waals surface area (Å²) in [7, 11) is 0. The molecule has 1 unspecified atom stereocenters. The first-order valence-corrected chi connectivity index (χ1v) is 6.61. The molecule has 0 spiro atoms. The molecule has 0 radical (unpaired) electrons. The van der Waals surface area contributed by atoms with E-state index in [4.69, 9.17) is 0 Å². The van der Waals surface area contributed by atoms with Gasteiger partial charge in [-0.2, -0.15) is 0 Å². The average Bonchev–Trinajstić information content (AvgIpc) is 2.12. The summed E-state index contributed by atoms with van der Waals surface area (Å²) < 4.78 is 0. The number of rotatable bonds is 3. The zero-order valence-corrected chi connectivity index (χ0v) is 10.5. The van der Waals surface area contributed by atoms with E-state index in [1.807, 2.05) is 0 Å². The van der Waals surface area contributed by atoms with Gasteiger partial charge in [0.25, 0.3) is 0 Å². The van der Waals surface area contributed by atoms with Gasteiger partial charge in [-0.15, -0.1) is 0 Å². The van der Waals surface area contributed by atoms with Crippen LogP contribution in [0.25, 0.3) is 0 Å². The van der Waals surface area contributed by atoms with Crippen molar-refractivity contribution in [1.82, 2.24) is 10.6 Å². The zero-order valence-electron chi connectivity index (χ0n) is 10.5. The van der Waals surface area contributed by atoms with Gasteiger partial charge in [0.1, 0.15) is 0 Å². The maximum Gasteiger partial charge on any atom is 0.223 e. The molecular weight excluding hydrogens is 200 g/mol. The number of carbonyl (C=O) groups excluding carboxylic acids is 1. The molecule has 1 aliphatic heterocycles. The van der Waals surface area contributed by atoms with Crippen molar-refractivity contribution in [1.29, 1.82) is 0 Å². The van der Waals surface area contributed by atoms with E-state index in [0.29, 0.717) is 17.4 Å². The highest BCUT2D eigenvalue weighted by Gasteiger charge is 2.33. The molecule has 0 aromatic heterocycles. The van der Waals surface area contributed by atoms with Gasteiger partial charge in [-0.3, -0.25) is 4.79 Å². The van der Waals surface area contributed by atoms with Crippen LogP contribution < -0.4 is 10.6 Å².